The molecule has 10 atom stereocenters. The minimum Gasteiger partial charge on any atom is -0.294 e. The number of hydrogen-bond donors (Lipinski definition) is 0. The molecule has 0 bridgehead atoms. The summed E-state index contributed by atoms with van der Waals surface area (Å²) in [5, 5.41) is 0. The summed E-state index contributed by atoms with van der Waals surface area (Å²) < 4.78 is 0. The van der Waals surface area contributed by atoms with Crippen LogP contribution in [0.1, 0.15) is 310 Å². The van der Waals surface area contributed by atoms with Crippen molar-refractivity contribution in [2.45, 2.75) is 346 Å². The van der Waals surface area contributed by atoms with Crippen LogP contribution in [0.4, 0.5) is 0 Å². The Kier molecular flexibility index (Phi) is 19.9. The van der Waals surface area contributed by atoms with Gasteiger partial charge in [0, 0.05) is 36.3 Å². The fourth-order valence-electron chi connectivity index (χ4n) is 24.8. The van der Waals surface area contributed by atoms with Gasteiger partial charge in [0.2, 0.25) is 0 Å². The molecule has 13 aliphatic carbocycles. The van der Waals surface area contributed by atoms with Crippen molar-refractivity contribution in [1.82, 2.24) is 9.80 Å². The summed E-state index contributed by atoms with van der Waals surface area (Å²) in [5.74, 6) is 14.7. The Labute approximate surface area is 507 Å². The van der Waals surface area contributed by atoms with Gasteiger partial charge in [-0.25, -0.2) is 0 Å². The molecule has 0 aliphatic heterocycles. The van der Waals surface area contributed by atoms with Crippen LogP contribution in [0.3, 0.4) is 0 Å². The number of allylic oxidation sites excluding steroid dienone is 8. The lowest BCUT2D eigenvalue weighted by atomic mass is 9.60. The Balaban J connectivity index is 0.675. The van der Waals surface area contributed by atoms with Gasteiger partial charge in [-0.2, -0.15) is 0 Å². The second-order valence-corrected chi connectivity index (χ2v) is 34.4. The van der Waals surface area contributed by atoms with Crippen LogP contribution in [0, 0.1) is 106 Å². The number of rotatable bonds is 14. The number of hydrogen-bond acceptors (Lipinski definition) is 2. The summed E-state index contributed by atoms with van der Waals surface area (Å²) in [7, 11) is 0. The highest BCUT2D eigenvalue weighted by Gasteiger charge is 2.66. The van der Waals surface area contributed by atoms with Crippen molar-refractivity contribution in [3.8, 4) is 0 Å². The highest BCUT2D eigenvalue weighted by Crippen LogP contribution is 2.72. The molecule has 2 nitrogen and oxygen atoms in total. The quantitative estimate of drug-likeness (QED) is 0.160. The Morgan fingerprint density at radius 2 is 0.415 bits per heavy atom. The first-order valence-corrected chi connectivity index (χ1v) is 38.4. The van der Waals surface area contributed by atoms with Gasteiger partial charge in [0.25, 0.3) is 0 Å². The first-order chi connectivity index (χ1) is 40.1. The lowest BCUT2D eigenvalue weighted by molar-refractivity contribution is -0.0195. The summed E-state index contributed by atoms with van der Waals surface area (Å²) in [6, 6.07) is 5.00. The van der Waals surface area contributed by atoms with E-state index in [4.69, 9.17) is 0 Å². The molecule has 0 aromatic heterocycles. The second kappa shape index (κ2) is 27.3. The van der Waals surface area contributed by atoms with E-state index in [1.807, 2.05) is 0 Å². The maximum absolute atomic E-state index is 3.38. The van der Waals surface area contributed by atoms with E-state index < -0.39 is 0 Å². The monoisotopic (exact) mass is 1120 g/mol. The van der Waals surface area contributed by atoms with E-state index >= 15 is 0 Å². The van der Waals surface area contributed by atoms with Crippen LogP contribution in [0.25, 0.3) is 0 Å². The van der Waals surface area contributed by atoms with Gasteiger partial charge in [-0.1, -0.05) is 153 Å². The van der Waals surface area contributed by atoms with Crippen molar-refractivity contribution in [3.63, 3.8) is 0 Å². The molecule has 0 saturated heterocycles. The molecule has 82 heavy (non-hydrogen) atoms. The van der Waals surface area contributed by atoms with Gasteiger partial charge in [-0.15, -0.1) is 0 Å². The Morgan fingerprint density at radius 1 is 0.207 bits per heavy atom. The lowest BCUT2D eigenvalue weighted by Gasteiger charge is -2.52. The van der Waals surface area contributed by atoms with E-state index in [-0.39, 0.29) is 0 Å². The van der Waals surface area contributed by atoms with Gasteiger partial charge in [0.15, 0.2) is 0 Å². The molecule has 0 heterocycles. The van der Waals surface area contributed by atoms with E-state index in [9.17, 15) is 0 Å². The third-order valence-electron chi connectivity index (χ3n) is 29.5. The zero-order chi connectivity index (χ0) is 55.6. The third kappa shape index (κ3) is 13.4. The van der Waals surface area contributed by atoms with Crippen LogP contribution in [-0.2, 0) is 0 Å². The number of nitrogens with zero attached hydrogens (tertiary/aromatic N) is 2. The molecular formula is C80H130N2. The second-order valence-electron chi connectivity index (χ2n) is 34.4. The summed E-state index contributed by atoms with van der Waals surface area (Å²) >= 11 is 0. The molecular weight excluding hydrogens is 989 g/mol. The molecule has 0 aromatic carbocycles. The first kappa shape index (κ1) is 59.8. The van der Waals surface area contributed by atoms with Crippen molar-refractivity contribution in [2.75, 3.05) is 0 Å². The predicted octanol–water partition coefficient (Wildman–Crippen LogP) is 22.3. The normalized spacial score (nSPS) is 43.9. The zero-order valence-corrected chi connectivity index (χ0v) is 54.3. The van der Waals surface area contributed by atoms with Crippen molar-refractivity contribution in [3.05, 3.63) is 48.6 Å². The van der Waals surface area contributed by atoms with Gasteiger partial charge >= 0.3 is 0 Å². The van der Waals surface area contributed by atoms with E-state index in [0.29, 0.717) is 10.8 Å². The average Bonchev–Trinajstić information content (AvgIpc) is 1.91. The van der Waals surface area contributed by atoms with Crippen molar-refractivity contribution in [2.24, 2.45) is 106 Å². The van der Waals surface area contributed by atoms with Crippen LogP contribution in [0.5, 0.6) is 0 Å². The molecule has 2 heteroatoms. The molecule has 0 N–H and O–H groups in total. The largest absolute Gasteiger partial charge is 0.294 e. The fraction of sp³-hybridized carbons (Fsp3) is 0.900. The van der Waals surface area contributed by atoms with Crippen LogP contribution in [0.2, 0.25) is 0 Å². The van der Waals surface area contributed by atoms with Gasteiger partial charge in [-0.3, -0.25) is 9.80 Å². The summed E-state index contributed by atoms with van der Waals surface area (Å²) in [4.78, 5) is 6.75. The van der Waals surface area contributed by atoms with Gasteiger partial charge < -0.3 is 0 Å². The molecule has 10 unspecified atom stereocenters. The maximum atomic E-state index is 3.38. The summed E-state index contributed by atoms with van der Waals surface area (Å²) in [6.45, 7) is 11.5. The minimum absolute atomic E-state index is 0.485. The van der Waals surface area contributed by atoms with Gasteiger partial charge in [-0.05, 0) is 311 Å². The van der Waals surface area contributed by atoms with Gasteiger partial charge in [0.05, 0.1) is 0 Å². The predicted molar refractivity (Wildman–Crippen MR) is 350 cm³/mol. The van der Waals surface area contributed by atoms with Crippen molar-refractivity contribution in [1.29, 1.82) is 0 Å². The SMILES string of the molecule is CC1(C)C2CC3C4CCC(N(C5CCC(C=CC6CCCCC6)CC5)C5CCC(C=CC6CCCCC6)CC5)CC4C(C)(C)C3CC2C2CCC(N(C3CCC(C=CC4CCCCC4)CC3)C3CCC(C=CC4CCCCC4)CC3)CC21. The molecule has 0 aromatic rings. The molecule has 13 aliphatic rings. The van der Waals surface area contributed by atoms with Crippen LogP contribution in [-0.4, -0.2) is 46.1 Å². The third-order valence-corrected chi connectivity index (χ3v) is 29.5. The minimum atomic E-state index is 0.485. The molecule has 0 spiro atoms. The highest BCUT2D eigenvalue weighted by atomic mass is 15.2. The molecule has 13 rings (SSSR count). The maximum Gasteiger partial charge on any atom is 0.0104 e. The standard InChI is InChI=1S/C80H130N2/c1-79(2)75-53-69(81(65-41-33-61(34-42-65)29-25-57-17-9-5-10-18-57)66-43-35-62(36-44-66)30-26-58-19-11-6-12-20-58)49-51-71(75)73-56-78-74(55-77(73)79)72-52-50-70(54-76(72)80(78,3)4)82(67-45-37-63(38-46-67)31-27-59-21-13-7-14-22-59)68-47-39-64(40-48-68)32-28-60-23-15-8-16-24-60/h25-32,57-78H,5-24,33-56H2,1-4H3. The molecule has 0 radical (unpaired) electrons. The van der Waals surface area contributed by atoms with E-state index in [0.717, 1.165) is 131 Å². The fourth-order valence-corrected chi connectivity index (χ4v) is 24.8. The topological polar surface area (TPSA) is 6.48 Å². The van der Waals surface area contributed by atoms with Crippen LogP contribution < -0.4 is 0 Å². The van der Waals surface area contributed by atoms with E-state index in [1.54, 1.807) is 25.7 Å². The number of fused-ring (bicyclic) bond motifs is 6. The zero-order valence-electron chi connectivity index (χ0n) is 54.3. The molecule has 460 valence electrons. The van der Waals surface area contributed by atoms with Crippen molar-refractivity contribution < 1.29 is 0 Å². The lowest BCUT2D eigenvalue weighted by Crippen LogP contribution is -2.54. The molecule has 0 amide bonds. The summed E-state index contributed by atoms with van der Waals surface area (Å²) in [5.41, 5.74) is 0.970. The Morgan fingerprint density at radius 3 is 0.659 bits per heavy atom. The molecule has 13 saturated carbocycles. The Hall–Kier alpha value is -1.12. The smallest absolute Gasteiger partial charge is 0.0104 e. The van der Waals surface area contributed by atoms with Crippen molar-refractivity contribution >= 4 is 0 Å². The van der Waals surface area contributed by atoms with E-state index in [1.165, 1.54) is 257 Å². The van der Waals surface area contributed by atoms with Gasteiger partial charge in [0.1, 0.15) is 0 Å². The first-order valence-electron chi connectivity index (χ1n) is 38.4. The average molecular weight is 1120 g/mol. The summed E-state index contributed by atoms with van der Waals surface area (Å²) in [6.07, 6.45) is 86.9. The highest BCUT2D eigenvalue weighted by molar-refractivity contribution is 5.16. The van der Waals surface area contributed by atoms with E-state index in [2.05, 4.69) is 86.1 Å². The Bertz CT molecular complexity index is 1820. The van der Waals surface area contributed by atoms with Crippen LogP contribution >= 0.6 is 0 Å². The molecule has 13 fully saturated rings. The van der Waals surface area contributed by atoms with Crippen LogP contribution in [0.15, 0.2) is 48.6 Å².